The van der Waals surface area contributed by atoms with Crippen LogP contribution in [-0.2, 0) is 9.53 Å². The largest absolute Gasteiger partial charge is 0.493 e. The summed E-state index contributed by atoms with van der Waals surface area (Å²) in [5, 5.41) is 2.81. The first-order valence-electron chi connectivity index (χ1n) is 9.98. The highest BCUT2D eigenvalue weighted by molar-refractivity contribution is 7.80. The molecule has 0 aliphatic carbocycles. The van der Waals surface area contributed by atoms with Crippen molar-refractivity contribution in [1.82, 2.24) is 4.90 Å². The molecule has 0 spiro atoms. The molecule has 7 heteroatoms. The van der Waals surface area contributed by atoms with Crippen molar-refractivity contribution in [3.05, 3.63) is 53.6 Å². The molecule has 0 bridgehead atoms. The van der Waals surface area contributed by atoms with Crippen molar-refractivity contribution < 1.29 is 19.0 Å². The van der Waals surface area contributed by atoms with Crippen molar-refractivity contribution in [2.24, 2.45) is 0 Å². The summed E-state index contributed by atoms with van der Waals surface area (Å²) in [5.74, 6) is 0.788. The second-order valence-electron chi connectivity index (χ2n) is 7.54. The third kappa shape index (κ3) is 5.70. The second kappa shape index (κ2) is 9.91. The van der Waals surface area contributed by atoms with E-state index < -0.39 is 0 Å². The number of carbonyl (C=O) groups excluding carboxylic acids is 1. The highest BCUT2D eigenvalue weighted by Crippen LogP contribution is 2.29. The molecule has 3 rings (SSSR count). The molecular formula is C23H28N2O4S. The molecule has 0 aromatic heterocycles. The molecule has 1 saturated heterocycles. The minimum Gasteiger partial charge on any atom is -0.493 e. The number of hydrogen-bond donors (Lipinski definition) is 1. The Kier molecular flexibility index (Phi) is 7.29. The van der Waals surface area contributed by atoms with E-state index in [1.807, 2.05) is 57.2 Å². The number of amides is 1. The summed E-state index contributed by atoms with van der Waals surface area (Å²) in [5.41, 5.74) is 2.74. The smallest absolute Gasteiger partial charge is 0.262 e. The molecule has 2 atom stereocenters. The average Bonchev–Trinajstić information content (AvgIpc) is 2.72. The van der Waals surface area contributed by atoms with Gasteiger partial charge in [-0.1, -0.05) is 29.9 Å². The van der Waals surface area contributed by atoms with Gasteiger partial charge in [0.1, 0.15) is 4.99 Å². The van der Waals surface area contributed by atoms with Gasteiger partial charge in [0.05, 0.1) is 19.3 Å². The highest BCUT2D eigenvalue weighted by atomic mass is 32.1. The molecule has 2 aromatic rings. The quantitative estimate of drug-likeness (QED) is 0.706. The summed E-state index contributed by atoms with van der Waals surface area (Å²) < 4.78 is 16.9. The van der Waals surface area contributed by atoms with Gasteiger partial charge in [0.2, 0.25) is 0 Å². The van der Waals surface area contributed by atoms with Crippen LogP contribution in [0.4, 0.5) is 5.69 Å². The van der Waals surface area contributed by atoms with Crippen LogP contribution in [0.5, 0.6) is 11.5 Å². The van der Waals surface area contributed by atoms with E-state index in [9.17, 15) is 4.79 Å². The lowest BCUT2D eigenvalue weighted by molar-refractivity contribution is -0.118. The van der Waals surface area contributed by atoms with E-state index in [4.69, 9.17) is 26.4 Å². The molecule has 1 fully saturated rings. The summed E-state index contributed by atoms with van der Waals surface area (Å²) in [6.45, 7) is 7.48. The van der Waals surface area contributed by atoms with Crippen LogP contribution < -0.4 is 14.8 Å². The molecule has 160 valence electrons. The first-order chi connectivity index (χ1) is 14.4. The summed E-state index contributed by atoms with van der Waals surface area (Å²) in [4.78, 5) is 15.1. The van der Waals surface area contributed by atoms with E-state index in [2.05, 4.69) is 10.2 Å². The van der Waals surface area contributed by atoms with Crippen LogP contribution >= 0.6 is 12.2 Å². The highest BCUT2D eigenvalue weighted by Gasteiger charge is 2.25. The topological polar surface area (TPSA) is 60.0 Å². The molecule has 0 saturated carbocycles. The number of aryl methyl sites for hydroxylation is 1. The third-order valence-electron chi connectivity index (χ3n) is 4.81. The molecule has 1 heterocycles. The fourth-order valence-corrected chi connectivity index (χ4v) is 3.70. The molecule has 0 unspecified atom stereocenters. The lowest BCUT2D eigenvalue weighted by Crippen LogP contribution is -2.47. The Hall–Kier alpha value is -2.64. The summed E-state index contributed by atoms with van der Waals surface area (Å²) in [7, 11) is 1.57. The van der Waals surface area contributed by atoms with Gasteiger partial charge in [-0.25, -0.2) is 0 Å². The average molecular weight is 429 g/mol. The molecule has 1 aliphatic rings. The van der Waals surface area contributed by atoms with Crippen molar-refractivity contribution in [1.29, 1.82) is 0 Å². The number of morpholine rings is 1. The second-order valence-corrected chi connectivity index (χ2v) is 7.92. The van der Waals surface area contributed by atoms with Gasteiger partial charge >= 0.3 is 0 Å². The van der Waals surface area contributed by atoms with Crippen LogP contribution in [0.25, 0.3) is 0 Å². The molecule has 1 aliphatic heterocycles. The van der Waals surface area contributed by atoms with E-state index in [1.165, 1.54) is 0 Å². The van der Waals surface area contributed by atoms with Crippen LogP contribution in [0.3, 0.4) is 0 Å². The van der Waals surface area contributed by atoms with Crippen molar-refractivity contribution in [3.8, 4) is 11.5 Å². The molecule has 6 nitrogen and oxygen atoms in total. The van der Waals surface area contributed by atoms with Gasteiger partial charge in [0.25, 0.3) is 5.91 Å². The predicted molar refractivity (Wildman–Crippen MR) is 122 cm³/mol. The van der Waals surface area contributed by atoms with Gasteiger partial charge < -0.3 is 24.4 Å². The SMILES string of the molecule is COc1cc(C(=S)N2C[C@H](C)O[C@@H](C)C2)ccc1OCC(=O)Nc1ccc(C)cc1. The number of carbonyl (C=O) groups is 1. The maximum atomic E-state index is 12.2. The number of anilines is 1. The van der Waals surface area contributed by atoms with E-state index in [1.54, 1.807) is 13.2 Å². The number of nitrogens with one attached hydrogen (secondary N) is 1. The van der Waals surface area contributed by atoms with Crippen LogP contribution in [0.15, 0.2) is 42.5 Å². The molecule has 0 radical (unpaired) electrons. The molecule has 30 heavy (non-hydrogen) atoms. The number of rotatable bonds is 6. The van der Waals surface area contributed by atoms with Crippen molar-refractivity contribution in [2.45, 2.75) is 33.0 Å². The third-order valence-corrected chi connectivity index (χ3v) is 5.31. The summed E-state index contributed by atoms with van der Waals surface area (Å²) >= 11 is 5.70. The lowest BCUT2D eigenvalue weighted by Gasteiger charge is -2.37. The van der Waals surface area contributed by atoms with Crippen molar-refractivity contribution in [3.63, 3.8) is 0 Å². The molecule has 2 aromatic carbocycles. The lowest BCUT2D eigenvalue weighted by atomic mass is 10.1. The van der Waals surface area contributed by atoms with E-state index in [-0.39, 0.29) is 24.7 Å². The number of ether oxygens (including phenoxy) is 3. The van der Waals surface area contributed by atoms with Crippen LogP contribution in [0.1, 0.15) is 25.0 Å². The maximum absolute atomic E-state index is 12.2. The summed E-state index contributed by atoms with van der Waals surface area (Å²) in [6.07, 6.45) is 0.256. The van der Waals surface area contributed by atoms with E-state index in [0.29, 0.717) is 11.5 Å². The zero-order valence-electron chi connectivity index (χ0n) is 17.8. The maximum Gasteiger partial charge on any atom is 0.262 e. The van der Waals surface area contributed by atoms with Crippen molar-refractivity contribution >= 4 is 28.8 Å². The fourth-order valence-electron chi connectivity index (χ4n) is 3.42. The van der Waals surface area contributed by atoms with Gasteiger partial charge in [-0.2, -0.15) is 0 Å². The number of nitrogens with zero attached hydrogens (tertiary/aromatic N) is 1. The van der Waals surface area contributed by atoms with Gasteiger partial charge in [0, 0.05) is 24.3 Å². The normalized spacial score (nSPS) is 18.6. The van der Waals surface area contributed by atoms with Crippen LogP contribution in [0.2, 0.25) is 0 Å². The minimum atomic E-state index is -0.239. The van der Waals surface area contributed by atoms with E-state index >= 15 is 0 Å². The predicted octanol–water partition coefficient (Wildman–Crippen LogP) is 3.81. The Bertz CT molecular complexity index is 891. The minimum absolute atomic E-state index is 0.119. The number of benzene rings is 2. The van der Waals surface area contributed by atoms with Crippen LogP contribution in [-0.4, -0.2) is 54.8 Å². The van der Waals surface area contributed by atoms with Gasteiger partial charge in [0.15, 0.2) is 18.1 Å². The zero-order chi connectivity index (χ0) is 21.7. The molecule has 1 amide bonds. The fraction of sp³-hybridized carbons (Fsp3) is 0.391. The number of thiocarbonyl (C=S) groups is 1. The van der Waals surface area contributed by atoms with E-state index in [0.717, 1.165) is 34.9 Å². The van der Waals surface area contributed by atoms with Gasteiger partial charge in [-0.3, -0.25) is 4.79 Å². The monoisotopic (exact) mass is 428 g/mol. The Balaban J connectivity index is 1.63. The Labute approximate surface area is 183 Å². The zero-order valence-corrected chi connectivity index (χ0v) is 18.6. The van der Waals surface area contributed by atoms with Crippen molar-refractivity contribution in [2.75, 3.05) is 32.1 Å². The number of methoxy groups -OCH3 is 1. The first kappa shape index (κ1) is 22.1. The Morgan fingerprint density at radius 1 is 1.13 bits per heavy atom. The Morgan fingerprint density at radius 2 is 1.80 bits per heavy atom. The van der Waals surface area contributed by atoms with Crippen LogP contribution in [0, 0.1) is 6.92 Å². The first-order valence-corrected chi connectivity index (χ1v) is 10.4. The van der Waals surface area contributed by atoms with Gasteiger partial charge in [-0.05, 0) is 51.1 Å². The van der Waals surface area contributed by atoms with Gasteiger partial charge in [-0.15, -0.1) is 0 Å². The Morgan fingerprint density at radius 3 is 2.43 bits per heavy atom. The number of hydrogen-bond acceptors (Lipinski definition) is 5. The molecule has 1 N–H and O–H groups in total. The standard InChI is InChI=1S/C23H28N2O4S/c1-15-5-8-19(9-6-15)24-22(26)14-28-20-10-7-18(11-21(20)27-4)23(30)25-12-16(2)29-17(3)13-25/h5-11,16-17H,12-14H2,1-4H3,(H,24,26)/t16-,17-/m0/s1. The summed E-state index contributed by atoms with van der Waals surface area (Å²) in [6, 6.07) is 13.1. The molecular weight excluding hydrogens is 400 g/mol.